The van der Waals surface area contributed by atoms with Gasteiger partial charge in [0.2, 0.25) is 0 Å². The zero-order valence-electron chi connectivity index (χ0n) is 6.13. The van der Waals surface area contributed by atoms with E-state index in [2.05, 4.69) is 5.32 Å². The van der Waals surface area contributed by atoms with Gasteiger partial charge in [0.1, 0.15) is 6.54 Å². The molecule has 0 atom stereocenters. The van der Waals surface area contributed by atoms with Crippen molar-refractivity contribution >= 4 is 23.3 Å². The van der Waals surface area contributed by atoms with Crippen molar-refractivity contribution < 1.29 is 9.53 Å². The van der Waals surface area contributed by atoms with Gasteiger partial charge in [-0.3, -0.25) is 0 Å². The molecule has 62 valence electrons. The highest BCUT2D eigenvalue weighted by molar-refractivity contribution is 6.32. The molecule has 3 nitrogen and oxygen atoms in total. The number of hydrogen-bond acceptors (Lipinski definition) is 3. The SMILES string of the molecule is O=C1CNc2cccc(Cl)c2O1. The van der Waals surface area contributed by atoms with Crippen molar-refractivity contribution in [3.63, 3.8) is 0 Å². The number of ether oxygens (including phenoxy) is 1. The fourth-order valence-corrected chi connectivity index (χ4v) is 1.28. The number of rotatable bonds is 0. The largest absolute Gasteiger partial charge is 0.421 e. The predicted octanol–water partition coefficient (Wildman–Crippen LogP) is 1.67. The lowest BCUT2D eigenvalue weighted by Crippen LogP contribution is -2.24. The minimum atomic E-state index is -0.310. The second-order valence-electron chi connectivity index (χ2n) is 2.44. The minimum Gasteiger partial charge on any atom is -0.421 e. The number of carbonyl (C=O) groups is 1. The third-order valence-electron chi connectivity index (χ3n) is 1.61. The molecule has 0 saturated heterocycles. The molecular weight excluding hydrogens is 178 g/mol. The topological polar surface area (TPSA) is 38.3 Å². The van der Waals surface area contributed by atoms with Gasteiger partial charge >= 0.3 is 5.97 Å². The van der Waals surface area contributed by atoms with Crippen LogP contribution in [0.2, 0.25) is 5.02 Å². The van der Waals surface area contributed by atoms with Crippen LogP contribution in [-0.2, 0) is 4.79 Å². The van der Waals surface area contributed by atoms with Crippen LogP contribution in [0.5, 0.6) is 5.75 Å². The van der Waals surface area contributed by atoms with E-state index in [-0.39, 0.29) is 12.5 Å². The van der Waals surface area contributed by atoms with E-state index in [4.69, 9.17) is 16.3 Å². The van der Waals surface area contributed by atoms with Crippen LogP contribution in [0.25, 0.3) is 0 Å². The Labute approximate surface area is 74.3 Å². The van der Waals surface area contributed by atoms with Gasteiger partial charge in [-0.05, 0) is 12.1 Å². The molecule has 0 radical (unpaired) electrons. The highest BCUT2D eigenvalue weighted by atomic mass is 35.5. The molecule has 0 saturated carbocycles. The summed E-state index contributed by atoms with van der Waals surface area (Å²) in [6.07, 6.45) is 0. The number of esters is 1. The molecule has 0 bridgehead atoms. The van der Waals surface area contributed by atoms with Gasteiger partial charge in [-0.2, -0.15) is 0 Å². The Balaban J connectivity index is 2.50. The number of benzene rings is 1. The molecule has 0 unspecified atom stereocenters. The van der Waals surface area contributed by atoms with E-state index < -0.39 is 0 Å². The molecular formula is C8H6ClNO2. The van der Waals surface area contributed by atoms with Gasteiger partial charge in [-0.25, -0.2) is 4.79 Å². The highest BCUT2D eigenvalue weighted by Gasteiger charge is 2.18. The molecule has 1 N–H and O–H groups in total. The fraction of sp³-hybridized carbons (Fsp3) is 0.125. The maximum absolute atomic E-state index is 10.8. The van der Waals surface area contributed by atoms with E-state index in [1.54, 1.807) is 12.1 Å². The molecule has 1 aromatic rings. The van der Waals surface area contributed by atoms with Crippen molar-refractivity contribution in [3.8, 4) is 5.75 Å². The van der Waals surface area contributed by atoms with Crippen molar-refractivity contribution in [1.29, 1.82) is 0 Å². The number of nitrogens with one attached hydrogen (secondary N) is 1. The van der Waals surface area contributed by atoms with E-state index in [1.807, 2.05) is 6.07 Å². The monoisotopic (exact) mass is 183 g/mol. The summed E-state index contributed by atoms with van der Waals surface area (Å²) < 4.78 is 4.93. The van der Waals surface area contributed by atoms with Crippen molar-refractivity contribution in [2.75, 3.05) is 11.9 Å². The van der Waals surface area contributed by atoms with Crippen LogP contribution < -0.4 is 10.1 Å². The Morgan fingerprint density at radius 3 is 3.17 bits per heavy atom. The van der Waals surface area contributed by atoms with Gasteiger partial charge in [0.15, 0.2) is 5.75 Å². The molecule has 1 heterocycles. The number of anilines is 1. The number of carbonyl (C=O) groups excluding carboxylic acids is 1. The van der Waals surface area contributed by atoms with E-state index in [0.29, 0.717) is 10.8 Å². The first kappa shape index (κ1) is 7.43. The summed E-state index contributed by atoms with van der Waals surface area (Å²) in [5.74, 6) is 0.117. The predicted molar refractivity (Wildman–Crippen MR) is 45.6 cm³/mol. The highest BCUT2D eigenvalue weighted by Crippen LogP contribution is 2.34. The average molecular weight is 184 g/mol. The quantitative estimate of drug-likeness (QED) is 0.491. The minimum absolute atomic E-state index is 0.202. The summed E-state index contributed by atoms with van der Waals surface area (Å²) >= 11 is 5.79. The maximum Gasteiger partial charge on any atom is 0.330 e. The lowest BCUT2D eigenvalue weighted by molar-refractivity contribution is -0.132. The van der Waals surface area contributed by atoms with Crippen LogP contribution >= 0.6 is 11.6 Å². The zero-order chi connectivity index (χ0) is 8.55. The lowest BCUT2D eigenvalue weighted by Gasteiger charge is -2.17. The summed E-state index contributed by atoms with van der Waals surface area (Å²) in [5.41, 5.74) is 0.766. The zero-order valence-corrected chi connectivity index (χ0v) is 6.89. The molecule has 1 aromatic carbocycles. The fourth-order valence-electron chi connectivity index (χ4n) is 1.07. The lowest BCUT2D eigenvalue weighted by atomic mass is 10.2. The third kappa shape index (κ3) is 1.12. The average Bonchev–Trinajstić information content (AvgIpc) is 2.07. The van der Waals surface area contributed by atoms with E-state index in [9.17, 15) is 4.79 Å². The number of para-hydroxylation sites is 1. The molecule has 0 amide bonds. The first-order chi connectivity index (χ1) is 5.77. The number of fused-ring (bicyclic) bond motifs is 1. The Hall–Kier alpha value is -1.22. The summed E-state index contributed by atoms with van der Waals surface area (Å²) in [4.78, 5) is 10.8. The van der Waals surface area contributed by atoms with E-state index >= 15 is 0 Å². The third-order valence-corrected chi connectivity index (χ3v) is 1.90. The van der Waals surface area contributed by atoms with Crippen molar-refractivity contribution in [2.45, 2.75) is 0 Å². The molecule has 2 rings (SSSR count). The Morgan fingerprint density at radius 2 is 2.33 bits per heavy atom. The molecule has 0 fully saturated rings. The van der Waals surface area contributed by atoms with Gasteiger partial charge in [0.05, 0.1) is 10.7 Å². The van der Waals surface area contributed by atoms with Crippen LogP contribution in [0.1, 0.15) is 0 Å². The van der Waals surface area contributed by atoms with Crippen LogP contribution in [0, 0.1) is 0 Å². The number of halogens is 1. The van der Waals surface area contributed by atoms with Gasteiger partial charge in [0.25, 0.3) is 0 Å². The molecule has 12 heavy (non-hydrogen) atoms. The Kier molecular flexibility index (Phi) is 1.66. The smallest absolute Gasteiger partial charge is 0.330 e. The molecule has 0 aliphatic carbocycles. The maximum atomic E-state index is 10.8. The summed E-state index contributed by atoms with van der Waals surface area (Å²) in [6.45, 7) is 0.202. The second-order valence-corrected chi connectivity index (χ2v) is 2.85. The molecule has 0 spiro atoms. The summed E-state index contributed by atoms with van der Waals surface area (Å²) in [7, 11) is 0. The standard InChI is InChI=1S/C8H6ClNO2/c9-5-2-1-3-6-8(5)12-7(11)4-10-6/h1-3,10H,4H2. The van der Waals surface area contributed by atoms with Gasteiger partial charge < -0.3 is 10.1 Å². The van der Waals surface area contributed by atoms with Gasteiger partial charge in [0, 0.05) is 0 Å². The first-order valence-electron chi connectivity index (χ1n) is 3.50. The van der Waals surface area contributed by atoms with Crippen molar-refractivity contribution in [1.82, 2.24) is 0 Å². The summed E-state index contributed by atoms with van der Waals surface area (Å²) in [5, 5.41) is 3.35. The molecule has 0 aromatic heterocycles. The normalized spacial score (nSPS) is 14.6. The number of hydrogen-bond donors (Lipinski definition) is 1. The van der Waals surface area contributed by atoms with Crippen LogP contribution in [0.15, 0.2) is 18.2 Å². The van der Waals surface area contributed by atoms with Gasteiger partial charge in [-0.15, -0.1) is 0 Å². The van der Waals surface area contributed by atoms with Crippen LogP contribution in [0.3, 0.4) is 0 Å². The van der Waals surface area contributed by atoms with Crippen LogP contribution in [0.4, 0.5) is 5.69 Å². The summed E-state index contributed by atoms with van der Waals surface area (Å²) in [6, 6.07) is 5.29. The Morgan fingerprint density at radius 1 is 1.50 bits per heavy atom. The molecule has 1 aliphatic rings. The first-order valence-corrected chi connectivity index (χ1v) is 3.88. The van der Waals surface area contributed by atoms with E-state index in [1.165, 1.54) is 0 Å². The molecule has 1 aliphatic heterocycles. The van der Waals surface area contributed by atoms with Crippen molar-refractivity contribution in [3.05, 3.63) is 23.2 Å². The molecule has 4 heteroatoms. The van der Waals surface area contributed by atoms with Gasteiger partial charge in [-0.1, -0.05) is 17.7 Å². The Bertz CT molecular complexity index is 338. The van der Waals surface area contributed by atoms with Crippen LogP contribution in [-0.4, -0.2) is 12.5 Å². The second kappa shape index (κ2) is 2.68. The van der Waals surface area contributed by atoms with E-state index in [0.717, 1.165) is 5.69 Å². The van der Waals surface area contributed by atoms with Crippen molar-refractivity contribution in [2.24, 2.45) is 0 Å².